The molecule has 2 amide bonds. The molecule has 0 radical (unpaired) electrons. The average molecular weight is 521 g/mol. The summed E-state index contributed by atoms with van der Waals surface area (Å²) in [5, 5.41) is 14.0. The number of nitro groups is 1. The van der Waals surface area contributed by atoms with Gasteiger partial charge in [-0.25, -0.2) is 8.42 Å². The predicted molar refractivity (Wildman–Crippen MR) is 136 cm³/mol. The first-order valence-electron chi connectivity index (χ1n) is 11.4. The van der Waals surface area contributed by atoms with Crippen LogP contribution in [-0.2, 0) is 26.2 Å². The first-order valence-corrected chi connectivity index (χ1v) is 13.3. The molecule has 0 fully saturated rings. The highest BCUT2D eigenvalue weighted by molar-refractivity contribution is 7.92. The highest BCUT2D eigenvalue weighted by atomic mass is 32.2. The molecular formula is C24H32N4O7S. The second-order valence-corrected chi connectivity index (χ2v) is 10.0. The van der Waals surface area contributed by atoms with E-state index in [-0.39, 0.29) is 23.8 Å². The Hall–Kier alpha value is -3.67. The van der Waals surface area contributed by atoms with Crippen molar-refractivity contribution < 1.29 is 27.7 Å². The molecule has 2 rings (SSSR count). The third-order valence-electron chi connectivity index (χ3n) is 5.43. The predicted octanol–water partition coefficient (Wildman–Crippen LogP) is 2.70. The van der Waals surface area contributed by atoms with Crippen molar-refractivity contribution in [2.24, 2.45) is 0 Å². The van der Waals surface area contributed by atoms with Gasteiger partial charge in [0.15, 0.2) is 0 Å². The number of benzene rings is 2. The van der Waals surface area contributed by atoms with E-state index >= 15 is 0 Å². The summed E-state index contributed by atoms with van der Waals surface area (Å²) in [6.45, 7) is 3.49. The number of non-ortho nitro benzene ring substituents is 1. The number of carbonyl (C=O) groups excluding carboxylic acids is 2. The van der Waals surface area contributed by atoms with E-state index in [1.54, 1.807) is 31.2 Å². The van der Waals surface area contributed by atoms with E-state index < -0.39 is 33.4 Å². The minimum absolute atomic E-state index is 0.0233. The van der Waals surface area contributed by atoms with Crippen LogP contribution in [0.25, 0.3) is 0 Å². The van der Waals surface area contributed by atoms with Gasteiger partial charge in [-0.3, -0.25) is 24.0 Å². The summed E-state index contributed by atoms with van der Waals surface area (Å²) in [5.41, 5.74) is 0.350. The largest absolute Gasteiger partial charge is 0.497 e. The minimum atomic E-state index is -4.00. The molecule has 0 saturated carbocycles. The molecule has 0 spiro atoms. The Bertz CT molecular complexity index is 1190. The molecular weight excluding hydrogens is 488 g/mol. The number of carbonyl (C=O) groups is 2. The van der Waals surface area contributed by atoms with Gasteiger partial charge in [0.1, 0.15) is 18.3 Å². The Kier molecular flexibility index (Phi) is 10.2. The van der Waals surface area contributed by atoms with Crippen LogP contribution in [0, 0.1) is 10.1 Å². The van der Waals surface area contributed by atoms with Gasteiger partial charge in [0.05, 0.1) is 24.0 Å². The molecule has 0 aromatic heterocycles. The Morgan fingerprint density at radius 3 is 2.42 bits per heavy atom. The molecule has 196 valence electrons. The maximum atomic E-state index is 13.6. The Morgan fingerprint density at radius 1 is 1.14 bits per heavy atom. The monoisotopic (exact) mass is 520 g/mol. The van der Waals surface area contributed by atoms with Crippen molar-refractivity contribution in [2.75, 3.05) is 30.8 Å². The van der Waals surface area contributed by atoms with Gasteiger partial charge < -0.3 is 15.0 Å². The molecule has 12 heteroatoms. The zero-order chi connectivity index (χ0) is 26.9. The van der Waals surface area contributed by atoms with E-state index in [0.29, 0.717) is 30.7 Å². The number of anilines is 1. The van der Waals surface area contributed by atoms with Gasteiger partial charge in [-0.15, -0.1) is 0 Å². The SMILES string of the molecule is CCCNC(=O)[C@@H](CC)N(Cc1cccc(OC)c1)C(=O)CN(c1cccc([N+](=O)[O-])c1)S(C)(=O)=O. The fourth-order valence-corrected chi connectivity index (χ4v) is 4.47. The summed E-state index contributed by atoms with van der Waals surface area (Å²) in [7, 11) is -2.48. The molecule has 1 atom stereocenters. The van der Waals surface area contributed by atoms with Crippen LogP contribution in [0.15, 0.2) is 48.5 Å². The van der Waals surface area contributed by atoms with Gasteiger partial charge in [0.25, 0.3) is 5.69 Å². The number of hydrogen-bond acceptors (Lipinski definition) is 7. The maximum Gasteiger partial charge on any atom is 0.271 e. The van der Waals surface area contributed by atoms with Crippen molar-refractivity contribution in [1.82, 2.24) is 10.2 Å². The lowest BCUT2D eigenvalue weighted by Crippen LogP contribution is -2.52. The van der Waals surface area contributed by atoms with Gasteiger partial charge >= 0.3 is 0 Å². The number of ether oxygens (including phenoxy) is 1. The summed E-state index contributed by atoms with van der Waals surface area (Å²) in [6.07, 6.45) is 1.92. The molecule has 0 aliphatic rings. The van der Waals surface area contributed by atoms with Crippen molar-refractivity contribution in [3.8, 4) is 5.75 Å². The van der Waals surface area contributed by atoms with Gasteiger partial charge in [-0.05, 0) is 36.6 Å². The molecule has 0 aliphatic carbocycles. The van der Waals surface area contributed by atoms with E-state index in [1.165, 1.54) is 30.2 Å². The number of amides is 2. The number of nitrogens with zero attached hydrogens (tertiary/aromatic N) is 3. The molecule has 1 N–H and O–H groups in total. The van der Waals surface area contributed by atoms with Crippen molar-refractivity contribution in [3.63, 3.8) is 0 Å². The molecule has 0 saturated heterocycles. The molecule has 11 nitrogen and oxygen atoms in total. The zero-order valence-electron chi connectivity index (χ0n) is 20.8. The van der Waals surface area contributed by atoms with Crippen molar-refractivity contribution in [3.05, 3.63) is 64.2 Å². The molecule has 2 aromatic carbocycles. The smallest absolute Gasteiger partial charge is 0.271 e. The van der Waals surface area contributed by atoms with Gasteiger partial charge in [-0.1, -0.05) is 32.0 Å². The molecule has 2 aromatic rings. The molecule has 36 heavy (non-hydrogen) atoms. The van der Waals surface area contributed by atoms with Gasteiger partial charge in [0.2, 0.25) is 21.8 Å². The van der Waals surface area contributed by atoms with Crippen molar-refractivity contribution in [1.29, 1.82) is 0 Å². The maximum absolute atomic E-state index is 13.6. The molecule has 0 bridgehead atoms. The average Bonchev–Trinajstić information content (AvgIpc) is 2.85. The number of sulfonamides is 1. The van der Waals surface area contributed by atoms with Crippen molar-refractivity contribution in [2.45, 2.75) is 39.3 Å². The van der Waals surface area contributed by atoms with E-state index in [4.69, 9.17) is 4.74 Å². The number of rotatable bonds is 13. The quantitative estimate of drug-likeness (QED) is 0.316. The summed E-state index contributed by atoms with van der Waals surface area (Å²) >= 11 is 0. The molecule has 0 aliphatic heterocycles. The van der Waals surface area contributed by atoms with Gasteiger partial charge in [-0.2, -0.15) is 0 Å². The normalized spacial score (nSPS) is 11.9. The van der Waals surface area contributed by atoms with Crippen molar-refractivity contribution >= 4 is 33.2 Å². The topological polar surface area (TPSA) is 139 Å². The van der Waals surface area contributed by atoms with Crippen LogP contribution in [0.2, 0.25) is 0 Å². The van der Waals surface area contributed by atoms with Crippen LogP contribution in [-0.4, -0.2) is 62.6 Å². The zero-order valence-corrected chi connectivity index (χ0v) is 21.7. The van der Waals surface area contributed by atoms with E-state index in [1.807, 2.05) is 6.92 Å². The third kappa shape index (κ3) is 7.67. The molecule has 0 heterocycles. The highest BCUT2D eigenvalue weighted by Crippen LogP contribution is 2.24. The summed E-state index contributed by atoms with van der Waals surface area (Å²) in [4.78, 5) is 38.4. The fraction of sp³-hybridized carbons (Fsp3) is 0.417. The van der Waals surface area contributed by atoms with Crippen LogP contribution in [0.3, 0.4) is 0 Å². The fourth-order valence-electron chi connectivity index (χ4n) is 3.63. The van der Waals surface area contributed by atoms with Crippen LogP contribution < -0.4 is 14.4 Å². The van der Waals surface area contributed by atoms with Crippen LogP contribution in [0.1, 0.15) is 32.3 Å². The lowest BCUT2D eigenvalue weighted by Gasteiger charge is -2.32. The Morgan fingerprint density at radius 2 is 1.83 bits per heavy atom. The number of methoxy groups -OCH3 is 1. The Balaban J connectivity index is 2.47. The second-order valence-electron chi connectivity index (χ2n) is 8.13. The lowest BCUT2D eigenvalue weighted by atomic mass is 10.1. The number of hydrogen-bond donors (Lipinski definition) is 1. The molecule has 0 unspecified atom stereocenters. The van der Waals surface area contributed by atoms with E-state index in [0.717, 1.165) is 16.6 Å². The third-order valence-corrected chi connectivity index (χ3v) is 6.57. The minimum Gasteiger partial charge on any atom is -0.497 e. The van der Waals surface area contributed by atoms with E-state index in [9.17, 15) is 28.1 Å². The first-order chi connectivity index (χ1) is 17.0. The highest BCUT2D eigenvalue weighted by Gasteiger charge is 2.32. The summed E-state index contributed by atoms with van der Waals surface area (Å²) in [5.74, 6) is -0.414. The van der Waals surface area contributed by atoms with Crippen LogP contribution in [0.4, 0.5) is 11.4 Å². The lowest BCUT2D eigenvalue weighted by molar-refractivity contribution is -0.384. The Labute approximate surface area is 211 Å². The van der Waals surface area contributed by atoms with Crippen LogP contribution >= 0.6 is 0 Å². The summed E-state index contributed by atoms with van der Waals surface area (Å²) in [6, 6.07) is 11.2. The number of nitro benzene ring substituents is 1. The van der Waals surface area contributed by atoms with Gasteiger partial charge in [0, 0.05) is 25.2 Å². The summed E-state index contributed by atoms with van der Waals surface area (Å²) < 4.78 is 31.3. The van der Waals surface area contributed by atoms with Crippen LogP contribution in [0.5, 0.6) is 5.75 Å². The number of nitrogens with one attached hydrogen (secondary N) is 1. The standard InChI is InChI=1S/C24H32N4O7S/c1-5-13-25-24(30)22(6-2)26(16-18-9-7-12-21(14-18)35-3)23(29)17-27(36(4,33)34)19-10-8-11-20(15-19)28(31)32/h7-12,14-15,22H,5-6,13,16-17H2,1-4H3,(H,25,30)/t22-/m1/s1. The van der Waals surface area contributed by atoms with E-state index in [2.05, 4.69) is 5.32 Å². The first kappa shape index (κ1) is 28.6. The second kappa shape index (κ2) is 12.9.